The molecule has 17 heavy (non-hydrogen) atoms. The van der Waals surface area contributed by atoms with Crippen LogP contribution in [0.2, 0.25) is 0 Å². The summed E-state index contributed by atoms with van der Waals surface area (Å²) in [4.78, 5) is 21.7. The summed E-state index contributed by atoms with van der Waals surface area (Å²) in [5.41, 5.74) is 5.77. The van der Waals surface area contributed by atoms with E-state index < -0.39 is 0 Å². The van der Waals surface area contributed by atoms with Crippen molar-refractivity contribution >= 4 is 11.7 Å². The van der Waals surface area contributed by atoms with E-state index in [9.17, 15) is 4.79 Å². The monoisotopic (exact) mass is 236 g/mol. The van der Waals surface area contributed by atoms with Crippen molar-refractivity contribution in [3.63, 3.8) is 0 Å². The molecule has 1 saturated heterocycles. The number of hydrogen-bond donors (Lipinski definition) is 1. The molecule has 1 aromatic heterocycles. The highest BCUT2D eigenvalue weighted by Crippen LogP contribution is 2.14. The van der Waals surface area contributed by atoms with Crippen LogP contribution in [0.4, 0.5) is 5.82 Å². The second-order valence-electron chi connectivity index (χ2n) is 4.05. The number of carbonyl (C=O) groups is 1. The van der Waals surface area contributed by atoms with Gasteiger partial charge in [0.2, 0.25) is 0 Å². The number of methoxy groups -OCH3 is 1. The van der Waals surface area contributed by atoms with E-state index in [0.717, 1.165) is 12.8 Å². The highest BCUT2D eigenvalue weighted by Gasteiger charge is 2.24. The van der Waals surface area contributed by atoms with Gasteiger partial charge >= 0.3 is 0 Å². The SMILES string of the molecule is COC1CCN(C(=O)c2cnc(N)cn2)CC1. The molecule has 6 nitrogen and oxygen atoms in total. The Morgan fingerprint density at radius 1 is 1.41 bits per heavy atom. The molecule has 1 amide bonds. The highest BCUT2D eigenvalue weighted by molar-refractivity contribution is 5.92. The average molecular weight is 236 g/mol. The Hall–Kier alpha value is -1.69. The molecule has 1 fully saturated rings. The van der Waals surface area contributed by atoms with Gasteiger partial charge in [-0.15, -0.1) is 0 Å². The standard InChI is InChI=1S/C11H16N4O2/c1-17-8-2-4-15(5-3-8)11(16)9-6-14-10(12)7-13-9/h6-8H,2-5H2,1H3,(H2,12,14). The van der Waals surface area contributed by atoms with Crippen molar-refractivity contribution in [2.24, 2.45) is 0 Å². The fourth-order valence-electron chi connectivity index (χ4n) is 1.91. The van der Waals surface area contributed by atoms with E-state index in [1.54, 1.807) is 12.0 Å². The minimum atomic E-state index is -0.0907. The molecule has 0 saturated carbocycles. The van der Waals surface area contributed by atoms with Crippen LogP contribution in [0.15, 0.2) is 12.4 Å². The fourth-order valence-corrected chi connectivity index (χ4v) is 1.91. The Kier molecular flexibility index (Phi) is 3.53. The van der Waals surface area contributed by atoms with E-state index in [1.807, 2.05) is 0 Å². The number of likely N-dealkylation sites (tertiary alicyclic amines) is 1. The molecule has 2 N–H and O–H groups in total. The zero-order chi connectivity index (χ0) is 12.3. The zero-order valence-electron chi connectivity index (χ0n) is 9.80. The lowest BCUT2D eigenvalue weighted by molar-refractivity contribution is 0.0347. The van der Waals surface area contributed by atoms with Gasteiger partial charge in [-0.2, -0.15) is 0 Å². The topological polar surface area (TPSA) is 81.3 Å². The molecule has 0 atom stereocenters. The van der Waals surface area contributed by atoms with Gasteiger partial charge < -0.3 is 15.4 Å². The lowest BCUT2D eigenvalue weighted by atomic mass is 10.1. The summed E-state index contributed by atoms with van der Waals surface area (Å²) in [6, 6.07) is 0. The van der Waals surface area contributed by atoms with Gasteiger partial charge in [0.05, 0.1) is 18.5 Å². The van der Waals surface area contributed by atoms with Crippen molar-refractivity contribution in [1.29, 1.82) is 0 Å². The predicted octanol–water partition coefficient (Wildman–Crippen LogP) is 0.310. The van der Waals surface area contributed by atoms with Crippen LogP contribution in [-0.4, -0.2) is 47.1 Å². The molecule has 2 rings (SSSR count). The van der Waals surface area contributed by atoms with Crippen molar-refractivity contribution in [2.75, 3.05) is 25.9 Å². The number of nitrogens with zero attached hydrogens (tertiary/aromatic N) is 3. The van der Waals surface area contributed by atoms with Crippen LogP contribution in [0.1, 0.15) is 23.3 Å². The Labute approximate surface area is 99.8 Å². The minimum absolute atomic E-state index is 0.0907. The van der Waals surface area contributed by atoms with Gasteiger partial charge in [0.1, 0.15) is 11.5 Å². The first-order valence-corrected chi connectivity index (χ1v) is 5.60. The maximum Gasteiger partial charge on any atom is 0.274 e. The van der Waals surface area contributed by atoms with Crippen LogP contribution < -0.4 is 5.73 Å². The maximum absolute atomic E-state index is 12.0. The van der Waals surface area contributed by atoms with E-state index in [2.05, 4.69) is 9.97 Å². The van der Waals surface area contributed by atoms with E-state index in [-0.39, 0.29) is 12.0 Å². The molecule has 0 aliphatic carbocycles. The molecule has 1 aliphatic heterocycles. The second-order valence-corrected chi connectivity index (χ2v) is 4.05. The van der Waals surface area contributed by atoms with Gasteiger partial charge in [0, 0.05) is 20.2 Å². The van der Waals surface area contributed by atoms with Crippen molar-refractivity contribution < 1.29 is 9.53 Å². The van der Waals surface area contributed by atoms with Gasteiger partial charge in [0.25, 0.3) is 5.91 Å². The number of hydrogen-bond acceptors (Lipinski definition) is 5. The smallest absolute Gasteiger partial charge is 0.274 e. The summed E-state index contributed by atoms with van der Waals surface area (Å²) in [5.74, 6) is 0.228. The molecular weight excluding hydrogens is 220 g/mol. The molecule has 0 unspecified atom stereocenters. The van der Waals surface area contributed by atoms with Gasteiger partial charge in [0.15, 0.2) is 0 Å². The molecule has 0 aromatic carbocycles. The highest BCUT2D eigenvalue weighted by atomic mass is 16.5. The molecule has 0 radical (unpaired) electrons. The summed E-state index contributed by atoms with van der Waals surface area (Å²) in [7, 11) is 1.70. The number of aromatic nitrogens is 2. The molecule has 6 heteroatoms. The Balaban J connectivity index is 1.99. The molecule has 2 heterocycles. The summed E-state index contributed by atoms with van der Waals surface area (Å²) in [5, 5.41) is 0. The summed E-state index contributed by atoms with van der Waals surface area (Å²) in [6.07, 6.45) is 4.81. The van der Waals surface area contributed by atoms with Gasteiger partial charge in [-0.25, -0.2) is 9.97 Å². The van der Waals surface area contributed by atoms with Crippen LogP contribution in [-0.2, 0) is 4.74 Å². The average Bonchev–Trinajstić information content (AvgIpc) is 2.39. The maximum atomic E-state index is 12.0. The largest absolute Gasteiger partial charge is 0.382 e. The quantitative estimate of drug-likeness (QED) is 0.799. The first-order valence-electron chi connectivity index (χ1n) is 5.60. The third-order valence-electron chi connectivity index (χ3n) is 2.95. The third-order valence-corrected chi connectivity index (χ3v) is 2.95. The van der Waals surface area contributed by atoms with E-state index >= 15 is 0 Å². The summed E-state index contributed by atoms with van der Waals surface area (Å²) < 4.78 is 5.26. The molecule has 0 bridgehead atoms. The van der Waals surface area contributed by atoms with E-state index in [1.165, 1.54) is 12.4 Å². The van der Waals surface area contributed by atoms with E-state index in [0.29, 0.717) is 24.6 Å². The second kappa shape index (κ2) is 5.09. The number of amides is 1. The summed E-state index contributed by atoms with van der Waals surface area (Å²) >= 11 is 0. The van der Waals surface area contributed by atoms with Crippen molar-refractivity contribution in [3.05, 3.63) is 18.1 Å². The first kappa shape index (κ1) is 11.8. The minimum Gasteiger partial charge on any atom is -0.382 e. The Bertz CT molecular complexity index is 385. The zero-order valence-corrected chi connectivity index (χ0v) is 9.80. The van der Waals surface area contributed by atoms with Gasteiger partial charge in [-0.3, -0.25) is 4.79 Å². The molecule has 1 aromatic rings. The Morgan fingerprint density at radius 3 is 2.65 bits per heavy atom. The third kappa shape index (κ3) is 2.71. The number of anilines is 1. The van der Waals surface area contributed by atoms with Crippen LogP contribution in [0.3, 0.4) is 0 Å². The number of rotatable bonds is 2. The number of ether oxygens (including phenoxy) is 1. The normalized spacial score (nSPS) is 17.1. The Morgan fingerprint density at radius 2 is 2.12 bits per heavy atom. The van der Waals surface area contributed by atoms with Crippen LogP contribution in [0, 0.1) is 0 Å². The van der Waals surface area contributed by atoms with Crippen LogP contribution >= 0.6 is 0 Å². The van der Waals surface area contributed by atoms with Crippen LogP contribution in [0.25, 0.3) is 0 Å². The molecule has 1 aliphatic rings. The fraction of sp³-hybridized carbons (Fsp3) is 0.545. The molecule has 92 valence electrons. The molecular formula is C11H16N4O2. The predicted molar refractivity (Wildman–Crippen MR) is 62.4 cm³/mol. The summed E-state index contributed by atoms with van der Waals surface area (Å²) in [6.45, 7) is 1.40. The van der Waals surface area contributed by atoms with Gasteiger partial charge in [-0.1, -0.05) is 0 Å². The lowest BCUT2D eigenvalue weighted by Crippen LogP contribution is -2.40. The number of carbonyl (C=O) groups excluding carboxylic acids is 1. The van der Waals surface area contributed by atoms with Crippen molar-refractivity contribution in [2.45, 2.75) is 18.9 Å². The lowest BCUT2D eigenvalue weighted by Gasteiger charge is -2.30. The molecule has 0 spiro atoms. The number of piperidine rings is 1. The first-order chi connectivity index (χ1) is 8.20. The van der Waals surface area contributed by atoms with Crippen molar-refractivity contribution in [3.8, 4) is 0 Å². The van der Waals surface area contributed by atoms with Crippen LogP contribution in [0.5, 0.6) is 0 Å². The number of nitrogens with two attached hydrogens (primary N) is 1. The van der Waals surface area contributed by atoms with E-state index in [4.69, 9.17) is 10.5 Å². The van der Waals surface area contributed by atoms with Crippen molar-refractivity contribution in [1.82, 2.24) is 14.9 Å². The number of nitrogen functional groups attached to an aromatic ring is 1. The van der Waals surface area contributed by atoms with Gasteiger partial charge in [-0.05, 0) is 12.8 Å².